The molecule has 1 fully saturated rings. The second-order valence-corrected chi connectivity index (χ2v) is 5.83. The van der Waals surface area contributed by atoms with E-state index in [9.17, 15) is 0 Å². The maximum atomic E-state index is 6.10. The second-order valence-electron chi connectivity index (χ2n) is 5.83. The molecule has 0 bridgehead atoms. The van der Waals surface area contributed by atoms with E-state index in [1.807, 2.05) is 19.2 Å². The lowest BCUT2D eigenvalue weighted by Gasteiger charge is -2.28. The number of rotatable bonds is 6. The predicted molar refractivity (Wildman–Crippen MR) is 82.2 cm³/mol. The largest absolute Gasteiger partial charge is 0.497 e. The van der Waals surface area contributed by atoms with E-state index in [1.54, 1.807) is 7.11 Å². The van der Waals surface area contributed by atoms with Crippen molar-refractivity contribution < 1.29 is 9.47 Å². The van der Waals surface area contributed by atoms with Crippen LogP contribution in [0.3, 0.4) is 0 Å². The summed E-state index contributed by atoms with van der Waals surface area (Å²) in [5.74, 6) is 1.77. The molecule has 1 aliphatic rings. The molecule has 0 saturated heterocycles. The average molecular weight is 277 g/mol. The minimum Gasteiger partial charge on any atom is -0.497 e. The van der Waals surface area contributed by atoms with Gasteiger partial charge in [0, 0.05) is 0 Å². The van der Waals surface area contributed by atoms with Crippen LogP contribution in [0, 0.1) is 5.92 Å². The quantitative estimate of drug-likeness (QED) is 0.862. The summed E-state index contributed by atoms with van der Waals surface area (Å²) in [4.78, 5) is 0. The monoisotopic (exact) mass is 277 g/mol. The maximum absolute atomic E-state index is 6.10. The highest BCUT2D eigenvalue weighted by molar-refractivity contribution is 5.29. The molecule has 0 amide bonds. The van der Waals surface area contributed by atoms with Gasteiger partial charge in [-0.3, -0.25) is 0 Å². The zero-order valence-electron chi connectivity index (χ0n) is 12.9. The van der Waals surface area contributed by atoms with Crippen LogP contribution in [0.5, 0.6) is 5.75 Å². The summed E-state index contributed by atoms with van der Waals surface area (Å²) < 4.78 is 11.3. The van der Waals surface area contributed by atoms with Crippen LogP contribution in [-0.2, 0) is 4.74 Å². The van der Waals surface area contributed by atoms with Crippen LogP contribution in [0.2, 0.25) is 0 Å². The maximum Gasteiger partial charge on any atom is 0.118 e. The number of hydrogen-bond acceptors (Lipinski definition) is 3. The van der Waals surface area contributed by atoms with Gasteiger partial charge in [-0.2, -0.15) is 0 Å². The topological polar surface area (TPSA) is 30.5 Å². The van der Waals surface area contributed by atoms with E-state index in [-0.39, 0.29) is 6.04 Å². The van der Waals surface area contributed by atoms with Gasteiger partial charge < -0.3 is 14.8 Å². The molecule has 1 saturated carbocycles. The van der Waals surface area contributed by atoms with Gasteiger partial charge in [0.1, 0.15) is 5.75 Å². The first-order valence-corrected chi connectivity index (χ1v) is 7.65. The molecule has 1 atom stereocenters. The third-order valence-electron chi connectivity index (χ3n) is 4.33. The molecule has 2 rings (SSSR count). The van der Waals surface area contributed by atoms with E-state index < -0.39 is 0 Å². The minimum atomic E-state index is 0.250. The normalized spacial score (nSPS) is 24.4. The SMILES string of the molecule is CNC(COC1CCC(C)CC1)c1ccc(OC)cc1. The second kappa shape index (κ2) is 7.65. The predicted octanol–water partition coefficient (Wildman–Crippen LogP) is 3.55. The van der Waals surface area contributed by atoms with Crippen LogP contribution in [0.15, 0.2) is 24.3 Å². The summed E-state index contributed by atoms with van der Waals surface area (Å²) >= 11 is 0. The third-order valence-corrected chi connectivity index (χ3v) is 4.33. The van der Waals surface area contributed by atoms with Crippen LogP contribution < -0.4 is 10.1 Å². The van der Waals surface area contributed by atoms with Crippen molar-refractivity contribution in [3.63, 3.8) is 0 Å². The molecular formula is C17H27NO2. The number of hydrogen-bond donors (Lipinski definition) is 1. The Morgan fingerprint density at radius 2 is 1.80 bits per heavy atom. The highest BCUT2D eigenvalue weighted by Crippen LogP contribution is 2.26. The standard InChI is InChI=1S/C17H27NO2/c1-13-4-8-16(9-5-13)20-12-17(18-2)14-6-10-15(19-3)11-7-14/h6-7,10-11,13,16-18H,4-5,8-9,12H2,1-3H3. The first kappa shape index (κ1) is 15.3. The van der Waals surface area contributed by atoms with E-state index >= 15 is 0 Å². The smallest absolute Gasteiger partial charge is 0.118 e. The molecule has 1 unspecified atom stereocenters. The highest BCUT2D eigenvalue weighted by atomic mass is 16.5. The van der Waals surface area contributed by atoms with Crippen molar-refractivity contribution >= 4 is 0 Å². The molecule has 1 aliphatic carbocycles. The Kier molecular flexibility index (Phi) is 5.86. The Morgan fingerprint density at radius 1 is 1.15 bits per heavy atom. The Bertz CT molecular complexity index is 382. The first-order valence-electron chi connectivity index (χ1n) is 7.65. The van der Waals surface area contributed by atoms with Gasteiger partial charge in [-0.05, 0) is 56.3 Å². The average Bonchev–Trinajstić information content (AvgIpc) is 2.50. The third kappa shape index (κ3) is 4.22. The van der Waals surface area contributed by atoms with Crippen molar-refractivity contribution in [2.75, 3.05) is 20.8 Å². The Morgan fingerprint density at radius 3 is 2.35 bits per heavy atom. The molecule has 0 radical (unpaired) electrons. The summed E-state index contributed by atoms with van der Waals surface area (Å²) in [6, 6.07) is 8.46. The van der Waals surface area contributed by atoms with Crippen LogP contribution >= 0.6 is 0 Å². The lowest BCUT2D eigenvalue weighted by molar-refractivity contribution is 0.00881. The van der Waals surface area contributed by atoms with Gasteiger partial charge >= 0.3 is 0 Å². The molecule has 112 valence electrons. The van der Waals surface area contributed by atoms with E-state index in [0.29, 0.717) is 6.10 Å². The van der Waals surface area contributed by atoms with Crippen molar-refractivity contribution in [3.8, 4) is 5.75 Å². The molecule has 0 heterocycles. The van der Waals surface area contributed by atoms with Crippen molar-refractivity contribution in [2.45, 2.75) is 44.8 Å². The van der Waals surface area contributed by atoms with Gasteiger partial charge in [0.2, 0.25) is 0 Å². The van der Waals surface area contributed by atoms with E-state index in [2.05, 4.69) is 24.4 Å². The number of benzene rings is 1. The number of likely N-dealkylation sites (N-methyl/N-ethyl adjacent to an activating group) is 1. The Labute approximate surface area is 122 Å². The van der Waals surface area contributed by atoms with Crippen LogP contribution in [0.1, 0.15) is 44.2 Å². The first-order chi connectivity index (χ1) is 9.72. The highest BCUT2D eigenvalue weighted by Gasteiger charge is 2.20. The summed E-state index contributed by atoms with van der Waals surface area (Å²) in [5, 5.41) is 3.34. The minimum absolute atomic E-state index is 0.250. The molecular weight excluding hydrogens is 250 g/mol. The summed E-state index contributed by atoms with van der Waals surface area (Å²) in [6.07, 6.45) is 5.47. The lowest BCUT2D eigenvalue weighted by Crippen LogP contribution is -2.27. The fourth-order valence-corrected chi connectivity index (χ4v) is 2.81. The number of ether oxygens (including phenoxy) is 2. The van der Waals surface area contributed by atoms with Crippen LogP contribution in [0.25, 0.3) is 0 Å². The molecule has 3 nitrogen and oxygen atoms in total. The number of nitrogens with one attached hydrogen (secondary N) is 1. The van der Waals surface area contributed by atoms with E-state index in [4.69, 9.17) is 9.47 Å². The molecule has 1 aromatic carbocycles. The lowest BCUT2D eigenvalue weighted by atomic mass is 9.89. The van der Waals surface area contributed by atoms with Crippen molar-refractivity contribution in [1.29, 1.82) is 0 Å². The van der Waals surface area contributed by atoms with Gasteiger partial charge in [-0.15, -0.1) is 0 Å². The Hall–Kier alpha value is -1.06. The fourth-order valence-electron chi connectivity index (χ4n) is 2.81. The van der Waals surface area contributed by atoms with Gasteiger partial charge in [0.05, 0.1) is 25.9 Å². The van der Waals surface area contributed by atoms with Crippen LogP contribution in [0.4, 0.5) is 0 Å². The van der Waals surface area contributed by atoms with Gasteiger partial charge in [0.15, 0.2) is 0 Å². The van der Waals surface area contributed by atoms with Crippen molar-refractivity contribution in [1.82, 2.24) is 5.32 Å². The molecule has 20 heavy (non-hydrogen) atoms. The molecule has 1 aromatic rings. The summed E-state index contributed by atoms with van der Waals surface area (Å²) in [7, 11) is 3.68. The summed E-state index contributed by atoms with van der Waals surface area (Å²) in [5.41, 5.74) is 1.25. The summed E-state index contributed by atoms with van der Waals surface area (Å²) in [6.45, 7) is 3.08. The van der Waals surface area contributed by atoms with Crippen molar-refractivity contribution in [3.05, 3.63) is 29.8 Å². The molecule has 1 N–H and O–H groups in total. The van der Waals surface area contributed by atoms with Crippen LogP contribution in [-0.4, -0.2) is 26.9 Å². The molecule has 0 aromatic heterocycles. The number of methoxy groups -OCH3 is 1. The molecule has 0 aliphatic heterocycles. The van der Waals surface area contributed by atoms with Gasteiger partial charge in [0.25, 0.3) is 0 Å². The molecule has 3 heteroatoms. The molecule has 0 spiro atoms. The van der Waals surface area contributed by atoms with Gasteiger partial charge in [-0.1, -0.05) is 19.1 Å². The van der Waals surface area contributed by atoms with E-state index in [1.165, 1.54) is 31.2 Å². The van der Waals surface area contributed by atoms with Crippen molar-refractivity contribution in [2.24, 2.45) is 5.92 Å². The van der Waals surface area contributed by atoms with E-state index in [0.717, 1.165) is 18.3 Å². The Balaban J connectivity index is 1.85. The fraction of sp³-hybridized carbons (Fsp3) is 0.647. The zero-order valence-corrected chi connectivity index (χ0v) is 12.9. The van der Waals surface area contributed by atoms with Gasteiger partial charge in [-0.25, -0.2) is 0 Å². The zero-order chi connectivity index (χ0) is 14.4.